The number of rotatable bonds is 6. The van der Waals surface area contributed by atoms with E-state index < -0.39 is 28.8 Å². The molecule has 3 aliphatic rings. The number of nitriles is 1. The predicted octanol–water partition coefficient (Wildman–Crippen LogP) is 4.85. The summed E-state index contributed by atoms with van der Waals surface area (Å²) in [5, 5.41) is 12.2. The molecule has 5 unspecified atom stereocenters. The van der Waals surface area contributed by atoms with Gasteiger partial charge >= 0.3 is 0 Å². The van der Waals surface area contributed by atoms with Gasteiger partial charge in [-0.3, -0.25) is 14.4 Å². The summed E-state index contributed by atoms with van der Waals surface area (Å²) in [6.45, 7) is 8.32. The van der Waals surface area contributed by atoms with Gasteiger partial charge in [-0.25, -0.2) is 0 Å². The maximum absolute atomic E-state index is 14.3. The summed E-state index contributed by atoms with van der Waals surface area (Å²) in [5.41, 5.74) is 21.9. The summed E-state index contributed by atoms with van der Waals surface area (Å²) in [4.78, 5) is 43.7. The molecule has 0 spiro atoms. The molecular weight excluding hydrogens is 637 g/mol. The highest BCUT2D eigenvalue weighted by atomic mass is 32.2. The minimum atomic E-state index is -1.55. The van der Waals surface area contributed by atoms with E-state index in [2.05, 4.69) is 5.32 Å². The number of amides is 2. The number of benzene rings is 3. The van der Waals surface area contributed by atoms with E-state index in [4.69, 9.17) is 21.9 Å². The van der Waals surface area contributed by atoms with Crippen LogP contribution in [-0.4, -0.2) is 47.0 Å². The van der Waals surface area contributed by atoms with Crippen molar-refractivity contribution in [3.63, 3.8) is 0 Å². The molecule has 3 aromatic carbocycles. The fraction of sp³-hybridized carbons (Fsp3) is 0.368. The first-order valence-corrected chi connectivity index (χ1v) is 17.4. The zero-order valence-corrected chi connectivity index (χ0v) is 29.0. The zero-order valence-electron chi connectivity index (χ0n) is 28.2. The number of carbonyl (C=O) groups excluding carboxylic acids is 3. The summed E-state index contributed by atoms with van der Waals surface area (Å²) < 4.78 is 6.02. The van der Waals surface area contributed by atoms with Crippen molar-refractivity contribution < 1.29 is 19.1 Å². The standard InChI is InChI=1S/C38H42N6O4S/c1-21-17-25(48-24-10-6-5-7-11-24)12-13-26(21)38(42)27-14-15-28(40)32-29(27)30(31(41)33(38)45)35(49-32)43-34(46)22-9-8-16-44(20-22)36(47)23(19-39)18-37(2,3)4/h5-7,10-15,17-18,22,30-31,35H,8-9,16,20,40-42H2,1-4H3,(H,43,46)/b23-18+. The van der Waals surface area contributed by atoms with Crippen molar-refractivity contribution in [1.82, 2.24) is 10.2 Å². The first-order chi connectivity index (χ1) is 23.2. The maximum Gasteiger partial charge on any atom is 0.264 e. The SMILES string of the molecule is Cc1cc(Oc2ccccc2)ccc1C1(N)C(=O)C(N)C2c3c1ccc(N)c3SC2NC(=O)C1CCCN(C(=O)/C(C#N)=C/C(C)(C)C)C1. The Labute approximate surface area is 291 Å². The van der Waals surface area contributed by atoms with Gasteiger partial charge in [-0.2, -0.15) is 5.26 Å². The van der Waals surface area contributed by atoms with E-state index in [0.29, 0.717) is 47.7 Å². The molecular formula is C38H42N6O4S. The lowest BCUT2D eigenvalue weighted by molar-refractivity contribution is -0.133. The first kappa shape index (κ1) is 34.2. The molecule has 6 rings (SSSR count). The number of hydrogen-bond acceptors (Lipinski definition) is 9. The van der Waals surface area contributed by atoms with Crippen LogP contribution < -0.4 is 27.3 Å². The molecule has 3 aromatic rings. The molecule has 2 amide bonds. The lowest BCUT2D eigenvalue weighted by Gasteiger charge is -2.42. The van der Waals surface area contributed by atoms with Crippen molar-refractivity contribution in [3.8, 4) is 17.6 Å². The Morgan fingerprint density at radius 3 is 2.49 bits per heavy atom. The molecule has 0 saturated carbocycles. The van der Waals surface area contributed by atoms with E-state index in [9.17, 15) is 19.6 Å². The van der Waals surface area contributed by atoms with Gasteiger partial charge in [-0.1, -0.05) is 68.9 Å². The second-order valence-corrected chi connectivity index (χ2v) is 15.4. The molecule has 1 aliphatic carbocycles. The Balaban J connectivity index is 1.26. The van der Waals surface area contributed by atoms with E-state index >= 15 is 0 Å². The molecule has 49 heavy (non-hydrogen) atoms. The molecule has 0 radical (unpaired) electrons. The van der Waals surface area contributed by atoms with Gasteiger partial charge in [0.25, 0.3) is 5.91 Å². The van der Waals surface area contributed by atoms with E-state index in [1.54, 1.807) is 29.2 Å². The van der Waals surface area contributed by atoms with Crippen molar-refractivity contribution in [3.05, 3.63) is 94.6 Å². The van der Waals surface area contributed by atoms with Crippen LogP contribution in [0.1, 0.15) is 61.8 Å². The minimum absolute atomic E-state index is 0.0731. The number of piperidine rings is 1. The van der Waals surface area contributed by atoms with Crippen LogP contribution in [0, 0.1) is 29.6 Å². The molecule has 2 heterocycles. The number of aryl methyl sites for hydroxylation is 1. The number of hydrogen-bond donors (Lipinski definition) is 4. The molecule has 10 nitrogen and oxygen atoms in total. The van der Waals surface area contributed by atoms with Crippen LogP contribution >= 0.6 is 11.8 Å². The third-order valence-corrected chi connectivity index (χ3v) is 10.9. The molecule has 5 atom stereocenters. The number of nitrogens with two attached hydrogens (primary N) is 3. The van der Waals surface area contributed by atoms with Gasteiger partial charge in [0.15, 0.2) is 5.78 Å². The van der Waals surface area contributed by atoms with Crippen molar-refractivity contribution in [2.45, 2.75) is 68.3 Å². The van der Waals surface area contributed by atoms with Crippen molar-refractivity contribution in [2.24, 2.45) is 22.8 Å². The highest BCUT2D eigenvalue weighted by molar-refractivity contribution is 8.00. The molecule has 1 fully saturated rings. The third-order valence-electron chi connectivity index (χ3n) is 9.53. The Morgan fingerprint density at radius 1 is 1.10 bits per heavy atom. The van der Waals surface area contributed by atoms with Crippen molar-refractivity contribution in [1.29, 1.82) is 5.26 Å². The second-order valence-electron chi connectivity index (χ2n) is 14.2. The quantitative estimate of drug-likeness (QED) is 0.161. The summed E-state index contributed by atoms with van der Waals surface area (Å²) in [6, 6.07) is 19.4. The lowest BCUT2D eigenvalue weighted by Crippen LogP contribution is -2.61. The van der Waals surface area contributed by atoms with E-state index in [0.717, 1.165) is 16.0 Å². The topological polar surface area (TPSA) is 178 Å². The number of nitrogens with zero attached hydrogens (tertiary/aromatic N) is 2. The number of likely N-dealkylation sites (tertiary alicyclic amines) is 1. The largest absolute Gasteiger partial charge is 0.457 e. The van der Waals surface area contributed by atoms with Crippen LogP contribution in [0.2, 0.25) is 0 Å². The number of ether oxygens (including phenoxy) is 1. The molecule has 254 valence electrons. The zero-order chi connectivity index (χ0) is 35.2. The third kappa shape index (κ3) is 6.32. The Morgan fingerprint density at radius 2 is 1.82 bits per heavy atom. The van der Waals surface area contributed by atoms with Crippen LogP contribution in [0.5, 0.6) is 11.5 Å². The number of allylic oxidation sites excluding steroid dienone is 1. The van der Waals surface area contributed by atoms with Crippen LogP contribution in [-0.2, 0) is 19.9 Å². The predicted molar refractivity (Wildman–Crippen MR) is 189 cm³/mol. The monoisotopic (exact) mass is 678 g/mol. The fourth-order valence-electron chi connectivity index (χ4n) is 7.24. The molecule has 0 bridgehead atoms. The number of para-hydroxylation sites is 1. The first-order valence-electron chi connectivity index (χ1n) is 16.5. The Hall–Kier alpha value is -4.63. The minimum Gasteiger partial charge on any atom is -0.457 e. The average Bonchev–Trinajstić information content (AvgIpc) is 3.45. The lowest BCUT2D eigenvalue weighted by atomic mass is 9.65. The number of thioether (sulfide) groups is 1. The summed E-state index contributed by atoms with van der Waals surface area (Å²) in [5.74, 6) is -0.718. The van der Waals surface area contributed by atoms with Gasteiger partial charge in [0.1, 0.15) is 28.7 Å². The van der Waals surface area contributed by atoms with Crippen LogP contribution in [0.15, 0.2) is 77.2 Å². The molecule has 2 aliphatic heterocycles. The van der Waals surface area contributed by atoms with Gasteiger partial charge in [-0.05, 0) is 77.8 Å². The second kappa shape index (κ2) is 13.0. The van der Waals surface area contributed by atoms with Gasteiger partial charge in [0.05, 0.1) is 17.3 Å². The smallest absolute Gasteiger partial charge is 0.264 e. The number of anilines is 1. The fourth-order valence-corrected chi connectivity index (χ4v) is 8.70. The molecule has 7 N–H and O–H groups in total. The van der Waals surface area contributed by atoms with Crippen LogP contribution in [0.25, 0.3) is 0 Å². The average molecular weight is 679 g/mol. The van der Waals surface area contributed by atoms with E-state index in [1.807, 2.05) is 76.2 Å². The summed E-state index contributed by atoms with van der Waals surface area (Å²) >= 11 is 1.38. The van der Waals surface area contributed by atoms with Gasteiger partial charge < -0.3 is 32.2 Å². The number of carbonyl (C=O) groups is 3. The van der Waals surface area contributed by atoms with Gasteiger partial charge in [0, 0.05) is 29.6 Å². The van der Waals surface area contributed by atoms with Crippen LogP contribution in [0.3, 0.4) is 0 Å². The number of nitrogen functional groups attached to an aromatic ring is 1. The number of Topliss-reactive ketones (excluding diaryl/α,β-unsaturated/α-hetero) is 1. The number of nitrogens with one attached hydrogen (secondary N) is 1. The highest BCUT2D eigenvalue weighted by Crippen LogP contribution is 2.56. The van der Waals surface area contributed by atoms with Crippen molar-refractivity contribution in [2.75, 3.05) is 18.8 Å². The highest BCUT2D eigenvalue weighted by Gasteiger charge is 2.56. The number of ketones is 1. The molecule has 11 heteroatoms. The van der Waals surface area contributed by atoms with Crippen molar-refractivity contribution >= 4 is 35.0 Å². The summed E-state index contributed by atoms with van der Waals surface area (Å²) in [6.07, 6.45) is 2.88. The molecule has 0 aromatic heterocycles. The maximum atomic E-state index is 14.3. The van der Waals surface area contributed by atoms with Gasteiger partial charge in [0.2, 0.25) is 5.91 Å². The summed E-state index contributed by atoms with van der Waals surface area (Å²) in [7, 11) is 0. The Bertz CT molecular complexity index is 1900. The van der Waals surface area contributed by atoms with E-state index in [-0.39, 0.29) is 35.1 Å². The Kier molecular flexibility index (Phi) is 9.09. The van der Waals surface area contributed by atoms with Crippen LogP contribution in [0.4, 0.5) is 5.69 Å². The normalized spacial score (nSPS) is 25.0. The van der Waals surface area contributed by atoms with Gasteiger partial charge in [-0.15, -0.1) is 0 Å². The van der Waals surface area contributed by atoms with E-state index in [1.165, 1.54) is 11.8 Å². The molecule has 1 saturated heterocycles.